The van der Waals surface area contributed by atoms with Crippen molar-refractivity contribution in [3.8, 4) is 5.75 Å². The van der Waals surface area contributed by atoms with E-state index in [1.807, 2.05) is 13.8 Å². The normalized spacial score (nSPS) is 12.1. The van der Waals surface area contributed by atoms with Crippen molar-refractivity contribution in [1.29, 1.82) is 0 Å². The van der Waals surface area contributed by atoms with E-state index >= 15 is 0 Å². The Hall–Kier alpha value is -1.76. The van der Waals surface area contributed by atoms with Crippen LogP contribution in [0, 0.1) is 5.41 Å². The number of hydrogen-bond donors (Lipinski definition) is 1. The van der Waals surface area contributed by atoms with Gasteiger partial charge in [0.2, 0.25) is 0 Å². The highest BCUT2D eigenvalue weighted by Crippen LogP contribution is 2.24. The first-order valence-corrected chi connectivity index (χ1v) is 6.35. The number of hydrogen-bond acceptors (Lipinski definition) is 3. The molecule has 118 valence electrons. The number of amides is 1. The van der Waals surface area contributed by atoms with Gasteiger partial charge in [0.25, 0.3) is 5.91 Å². The molecule has 0 spiro atoms. The van der Waals surface area contributed by atoms with Crippen molar-refractivity contribution >= 4 is 5.91 Å². The lowest BCUT2D eigenvalue weighted by Crippen LogP contribution is -2.39. The molecular weight excluding hydrogens is 285 g/mol. The van der Waals surface area contributed by atoms with E-state index in [9.17, 15) is 18.0 Å². The highest BCUT2D eigenvalue weighted by Gasteiger charge is 2.31. The molecule has 0 radical (unpaired) electrons. The van der Waals surface area contributed by atoms with Crippen LogP contribution < -0.4 is 10.5 Å². The van der Waals surface area contributed by atoms with Gasteiger partial charge in [0.15, 0.2) is 0 Å². The molecular formula is C14H19F3N2O2. The average Bonchev–Trinajstić information content (AvgIpc) is 2.35. The van der Waals surface area contributed by atoms with Crippen LogP contribution in [0.5, 0.6) is 5.75 Å². The molecule has 0 unspecified atom stereocenters. The van der Waals surface area contributed by atoms with E-state index in [4.69, 9.17) is 5.73 Å². The fourth-order valence-corrected chi connectivity index (χ4v) is 1.83. The standard InChI is InChI=1S/C14H19F3N2O2/c1-13(2,8-18)9-19(3)12(20)10-5-4-6-11(7-10)21-14(15,16)17/h4-7H,8-9,18H2,1-3H3. The summed E-state index contributed by atoms with van der Waals surface area (Å²) in [5.41, 5.74) is 5.46. The van der Waals surface area contributed by atoms with Crippen molar-refractivity contribution in [1.82, 2.24) is 4.90 Å². The van der Waals surface area contributed by atoms with E-state index in [0.29, 0.717) is 13.1 Å². The molecule has 1 amide bonds. The number of carbonyl (C=O) groups is 1. The number of alkyl halides is 3. The molecule has 0 bridgehead atoms. The Balaban J connectivity index is 2.85. The lowest BCUT2D eigenvalue weighted by molar-refractivity contribution is -0.274. The van der Waals surface area contributed by atoms with Gasteiger partial charge in [-0.25, -0.2) is 0 Å². The number of rotatable bonds is 5. The van der Waals surface area contributed by atoms with Crippen LogP contribution in [0.15, 0.2) is 24.3 Å². The summed E-state index contributed by atoms with van der Waals surface area (Å²) in [7, 11) is 1.58. The van der Waals surface area contributed by atoms with Crippen LogP contribution in [0.2, 0.25) is 0 Å². The molecule has 0 saturated heterocycles. The van der Waals surface area contributed by atoms with E-state index in [-0.39, 0.29) is 16.9 Å². The summed E-state index contributed by atoms with van der Waals surface area (Å²) in [4.78, 5) is 13.6. The van der Waals surface area contributed by atoms with Crippen LogP contribution in [0.3, 0.4) is 0 Å². The molecule has 0 aliphatic carbocycles. The number of carbonyl (C=O) groups excluding carboxylic acids is 1. The molecule has 0 aliphatic rings. The van der Waals surface area contributed by atoms with Gasteiger partial charge in [0.05, 0.1) is 0 Å². The van der Waals surface area contributed by atoms with Gasteiger partial charge in [-0.2, -0.15) is 0 Å². The van der Waals surface area contributed by atoms with Crippen LogP contribution in [0.1, 0.15) is 24.2 Å². The predicted octanol–water partition coefficient (Wildman–Crippen LogP) is 2.64. The molecule has 0 aliphatic heterocycles. The molecule has 21 heavy (non-hydrogen) atoms. The van der Waals surface area contributed by atoms with Crippen molar-refractivity contribution in [2.24, 2.45) is 11.1 Å². The van der Waals surface area contributed by atoms with Crippen LogP contribution in [-0.4, -0.2) is 37.3 Å². The smallest absolute Gasteiger partial charge is 0.406 e. The SMILES string of the molecule is CN(CC(C)(C)CN)C(=O)c1cccc(OC(F)(F)F)c1. The predicted molar refractivity (Wildman–Crippen MR) is 72.9 cm³/mol. The Morgan fingerprint density at radius 1 is 1.33 bits per heavy atom. The molecule has 2 N–H and O–H groups in total. The first-order chi connectivity index (χ1) is 9.54. The fraction of sp³-hybridized carbons (Fsp3) is 0.500. The molecule has 0 heterocycles. The highest BCUT2D eigenvalue weighted by atomic mass is 19.4. The fourth-order valence-electron chi connectivity index (χ4n) is 1.83. The zero-order valence-corrected chi connectivity index (χ0v) is 12.2. The zero-order valence-electron chi connectivity index (χ0n) is 12.2. The summed E-state index contributed by atoms with van der Waals surface area (Å²) in [6.45, 7) is 4.59. The van der Waals surface area contributed by atoms with Gasteiger partial charge >= 0.3 is 6.36 Å². The van der Waals surface area contributed by atoms with E-state index in [0.717, 1.165) is 12.1 Å². The van der Waals surface area contributed by atoms with Crippen LogP contribution in [0.4, 0.5) is 13.2 Å². The monoisotopic (exact) mass is 304 g/mol. The maximum Gasteiger partial charge on any atom is 0.573 e. The molecule has 4 nitrogen and oxygen atoms in total. The number of benzene rings is 1. The molecule has 7 heteroatoms. The van der Waals surface area contributed by atoms with Gasteiger partial charge in [-0.05, 0) is 30.2 Å². The van der Waals surface area contributed by atoms with E-state index in [1.54, 1.807) is 7.05 Å². The van der Waals surface area contributed by atoms with E-state index < -0.39 is 12.1 Å². The van der Waals surface area contributed by atoms with Crippen molar-refractivity contribution in [2.75, 3.05) is 20.1 Å². The van der Waals surface area contributed by atoms with Gasteiger partial charge in [-0.1, -0.05) is 19.9 Å². The van der Waals surface area contributed by atoms with Crippen molar-refractivity contribution < 1.29 is 22.7 Å². The van der Waals surface area contributed by atoms with Gasteiger partial charge < -0.3 is 15.4 Å². The minimum atomic E-state index is -4.78. The zero-order chi connectivity index (χ0) is 16.3. The lowest BCUT2D eigenvalue weighted by Gasteiger charge is -2.29. The van der Waals surface area contributed by atoms with E-state index in [1.165, 1.54) is 17.0 Å². The maximum absolute atomic E-state index is 12.2. The Morgan fingerprint density at radius 3 is 2.48 bits per heavy atom. The third-order valence-corrected chi connectivity index (χ3v) is 2.88. The van der Waals surface area contributed by atoms with Crippen molar-refractivity contribution in [3.63, 3.8) is 0 Å². The van der Waals surface area contributed by atoms with Crippen LogP contribution >= 0.6 is 0 Å². The van der Waals surface area contributed by atoms with Crippen LogP contribution in [-0.2, 0) is 0 Å². The summed E-state index contributed by atoms with van der Waals surface area (Å²) in [5, 5.41) is 0. The Kier molecular flexibility index (Phi) is 5.22. The van der Waals surface area contributed by atoms with E-state index in [2.05, 4.69) is 4.74 Å². The second-order valence-corrected chi connectivity index (χ2v) is 5.61. The third kappa shape index (κ3) is 5.63. The Morgan fingerprint density at radius 2 is 1.95 bits per heavy atom. The summed E-state index contributed by atoms with van der Waals surface area (Å²) < 4.78 is 40.3. The second kappa shape index (κ2) is 6.34. The first-order valence-electron chi connectivity index (χ1n) is 6.35. The molecule has 1 rings (SSSR count). The average molecular weight is 304 g/mol. The van der Waals surface area contributed by atoms with Gasteiger partial charge in [0.1, 0.15) is 5.75 Å². The molecule has 0 saturated carbocycles. The summed E-state index contributed by atoms with van der Waals surface area (Å²) in [6.07, 6.45) is -4.78. The highest BCUT2D eigenvalue weighted by molar-refractivity contribution is 5.94. The summed E-state index contributed by atoms with van der Waals surface area (Å²) in [6, 6.07) is 5.00. The Bertz CT molecular complexity index is 501. The molecule has 1 aromatic rings. The number of ether oxygens (including phenoxy) is 1. The summed E-state index contributed by atoms with van der Waals surface area (Å²) >= 11 is 0. The van der Waals surface area contributed by atoms with Crippen molar-refractivity contribution in [3.05, 3.63) is 29.8 Å². The summed E-state index contributed by atoms with van der Waals surface area (Å²) in [5.74, 6) is -0.802. The minimum Gasteiger partial charge on any atom is -0.406 e. The molecule has 0 fully saturated rings. The lowest BCUT2D eigenvalue weighted by atomic mass is 9.93. The maximum atomic E-state index is 12.2. The number of nitrogens with zero attached hydrogens (tertiary/aromatic N) is 1. The van der Waals surface area contributed by atoms with Gasteiger partial charge in [0, 0.05) is 19.2 Å². The first kappa shape index (κ1) is 17.3. The quantitative estimate of drug-likeness (QED) is 0.910. The largest absolute Gasteiger partial charge is 0.573 e. The minimum absolute atomic E-state index is 0.132. The number of nitrogens with two attached hydrogens (primary N) is 1. The van der Waals surface area contributed by atoms with Crippen molar-refractivity contribution in [2.45, 2.75) is 20.2 Å². The topological polar surface area (TPSA) is 55.6 Å². The van der Waals surface area contributed by atoms with Gasteiger partial charge in [-0.15, -0.1) is 13.2 Å². The third-order valence-electron chi connectivity index (χ3n) is 2.88. The molecule has 0 atom stereocenters. The molecule has 0 aromatic heterocycles. The van der Waals surface area contributed by atoms with Crippen LogP contribution in [0.25, 0.3) is 0 Å². The molecule has 1 aromatic carbocycles. The number of halogens is 3. The second-order valence-electron chi connectivity index (χ2n) is 5.61. The van der Waals surface area contributed by atoms with Gasteiger partial charge in [-0.3, -0.25) is 4.79 Å². The Labute approximate surface area is 121 Å².